The van der Waals surface area contributed by atoms with Crippen molar-refractivity contribution in [2.75, 3.05) is 0 Å². The second-order valence-electron chi connectivity index (χ2n) is 11.0. The molecule has 178 valence electrons. The maximum atomic E-state index is 13.5. The summed E-state index contributed by atoms with van der Waals surface area (Å²) in [5, 5.41) is 3.59. The van der Waals surface area contributed by atoms with Crippen LogP contribution in [-0.4, -0.2) is 31.8 Å². The summed E-state index contributed by atoms with van der Waals surface area (Å²) in [6, 6.07) is 4.15. The summed E-state index contributed by atoms with van der Waals surface area (Å²) in [5.41, 5.74) is 4.33. The van der Waals surface area contributed by atoms with Crippen molar-refractivity contribution in [2.45, 2.75) is 67.8 Å². The van der Waals surface area contributed by atoms with Gasteiger partial charge in [0.05, 0.1) is 10.4 Å². The summed E-state index contributed by atoms with van der Waals surface area (Å²) < 4.78 is 28.9. The molecule has 0 heterocycles. The number of hydrogen-bond acceptors (Lipinski definition) is 4. The minimum Gasteiger partial charge on any atom is -0.369 e. The SMILES string of the molecule is NC(=O)C12CC3CC14CC(CC4C2)C3NC(=O)C1(NS(=O)(=O)c2ccc(Cl)cc2Cl)CCC1. The number of hydrogen-bond donors (Lipinski definition) is 3. The molecule has 5 aliphatic carbocycles. The van der Waals surface area contributed by atoms with Crippen LogP contribution in [0.15, 0.2) is 23.1 Å². The molecular formula is C23H27Cl2N3O4S. The summed E-state index contributed by atoms with van der Waals surface area (Å²) >= 11 is 12.0. The summed E-state index contributed by atoms with van der Waals surface area (Å²) in [4.78, 5) is 25.9. The third-order valence-corrected chi connectivity index (χ3v) is 12.0. The van der Waals surface area contributed by atoms with Crippen LogP contribution in [0, 0.1) is 28.6 Å². The zero-order valence-corrected chi connectivity index (χ0v) is 20.4. The van der Waals surface area contributed by atoms with Gasteiger partial charge in [-0.2, -0.15) is 4.72 Å². The lowest BCUT2D eigenvalue weighted by Crippen LogP contribution is -2.65. The molecule has 6 rings (SSSR count). The number of nitrogens with one attached hydrogen (secondary N) is 2. The molecule has 4 N–H and O–H groups in total. The van der Waals surface area contributed by atoms with E-state index in [1.54, 1.807) is 0 Å². The molecule has 0 aromatic heterocycles. The van der Waals surface area contributed by atoms with Gasteiger partial charge in [0.25, 0.3) is 0 Å². The average molecular weight is 512 g/mol. The first-order valence-electron chi connectivity index (χ1n) is 11.6. The number of nitrogens with two attached hydrogens (primary N) is 1. The van der Waals surface area contributed by atoms with Crippen LogP contribution in [0.4, 0.5) is 0 Å². The number of carbonyl (C=O) groups excluding carboxylic acids is 2. The first kappa shape index (κ1) is 22.1. The van der Waals surface area contributed by atoms with Crippen molar-refractivity contribution in [3.8, 4) is 0 Å². The van der Waals surface area contributed by atoms with Crippen molar-refractivity contribution in [3.05, 3.63) is 28.2 Å². The lowest BCUT2D eigenvalue weighted by Gasteiger charge is -2.57. The number of rotatable bonds is 6. The van der Waals surface area contributed by atoms with Gasteiger partial charge >= 0.3 is 0 Å². The molecule has 1 aromatic carbocycles. The Bertz CT molecular complexity index is 1180. The molecule has 1 aromatic rings. The fourth-order valence-corrected chi connectivity index (χ4v) is 10.4. The molecule has 5 saturated carbocycles. The normalized spacial score (nSPS) is 39.5. The zero-order chi connectivity index (χ0) is 23.4. The van der Waals surface area contributed by atoms with Crippen molar-refractivity contribution in [1.29, 1.82) is 0 Å². The van der Waals surface area contributed by atoms with Gasteiger partial charge in [0, 0.05) is 11.1 Å². The predicted molar refractivity (Wildman–Crippen MR) is 123 cm³/mol. The second-order valence-corrected chi connectivity index (χ2v) is 13.5. The number of benzene rings is 1. The third kappa shape index (κ3) is 2.81. The maximum absolute atomic E-state index is 13.5. The van der Waals surface area contributed by atoms with Crippen LogP contribution in [0.1, 0.15) is 51.4 Å². The van der Waals surface area contributed by atoms with Gasteiger partial charge < -0.3 is 11.1 Å². The van der Waals surface area contributed by atoms with Crippen LogP contribution in [-0.2, 0) is 19.6 Å². The molecule has 2 amide bonds. The van der Waals surface area contributed by atoms with Crippen molar-refractivity contribution in [2.24, 2.45) is 34.3 Å². The van der Waals surface area contributed by atoms with E-state index in [0.717, 1.165) is 38.5 Å². The van der Waals surface area contributed by atoms with Crippen LogP contribution in [0.25, 0.3) is 0 Å². The van der Waals surface area contributed by atoms with E-state index < -0.39 is 21.0 Å². The Hall–Kier alpha value is -1.35. The highest BCUT2D eigenvalue weighted by atomic mass is 35.5. The molecule has 0 saturated heterocycles. The molecule has 5 fully saturated rings. The van der Waals surface area contributed by atoms with E-state index in [9.17, 15) is 18.0 Å². The standard InChI is InChI=1S/C23H27Cl2N3O4S/c24-15-2-3-17(16(25)7-15)33(31,32)28-23(4-1-5-23)20(30)27-18-12-6-14-11-22(19(26)29)10-13(18)9-21(14,22)8-12/h2-3,7,12-14,18,28H,1,4-6,8-11H2,(H2,26,29)(H,27,30). The zero-order valence-electron chi connectivity index (χ0n) is 18.1. The third-order valence-electron chi connectivity index (χ3n) is 9.72. The number of amides is 2. The summed E-state index contributed by atoms with van der Waals surface area (Å²) in [6.45, 7) is 0. The number of sulfonamides is 1. The van der Waals surface area contributed by atoms with E-state index in [1.165, 1.54) is 18.2 Å². The van der Waals surface area contributed by atoms with Gasteiger partial charge in [0.2, 0.25) is 21.8 Å². The Morgan fingerprint density at radius 3 is 2.42 bits per heavy atom. The van der Waals surface area contributed by atoms with E-state index >= 15 is 0 Å². The maximum Gasteiger partial charge on any atom is 0.243 e. The first-order chi connectivity index (χ1) is 15.5. The van der Waals surface area contributed by atoms with E-state index in [0.29, 0.717) is 29.7 Å². The molecule has 6 unspecified atom stereocenters. The molecular weight excluding hydrogens is 485 g/mol. The van der Waals surface area contributed by atoms with E-state index in [-0.39, 0.29) is 39.1 Å². The van der Waals surface area contributed by atoms with Crippen molar-refractivity contribution in [1.82, 2.24) is 10.0 Å². The van der Waals surface area contributed by atoms with E-state index in [4.69, 9.17) is 28.9 Å². The van der Waals surface area contributed by atoms with Gasteiger partial charge in [-0.05, 0) is 92.7 Å². The van der Waals surface area contributed by atoms with Gasteiger partial charge in [-0.25, -0.2) is 8.42 Å². The Balaban J connectivity index is 1.23. The Kier molecular flexibility index (Phi) is 4.60. The Morgan fingerprint density at radius 2 is 1.79 bits per heavy atom. The van der Waals surface area contributed by atoms with Crippen LogP contribution in [0.3, 0.4) is 0 Å². The molecule has 33 heavy (non-hydrogen) atoms. The number of fused-ring (bicyclic) bond motifs is 2. The quantitative estimate of drug-likeness (QED) is 0.543. The highest BCUT2D eigenvalue weighted by molar-refractivity contribution is 7.89. The summed E-state index contributed by atoms with van der Waals surface area (Å²) in [7, 11) is -4.02. The van der Waals surface area contributed by atoms with E-state index in [2.05, 4.69) is 10.0 Å². The summed E-state index contributed by atoms with van der Waals surface area (Å²) in [6.07, 6.45) is 6.13. The highest BCUT2D eigenvalue weighted by Crippen LogP contribution is 2.81. The number of primary amides is 1. The smallest absolute Gasteiger partial charge is 0.243 e. The minimum absolute atomic E-state index is 0.0152. The molecule has 1 spiro atoms. The molecule has 6 atom stereocenters. The van der Waals surface area contributed by atoms with Crippen LogP contribution in [0.5, 0.6) is 0 Å². The van der Waals surface area contributed by atoms with Gasteiger partial charge in [-0.15, -0.1) is 0 Å². The fourth-order valence-electron chi connectivity index (χ4n) is 8.18. The fraction of sp³-hybridized carbons (Fsp3) is 0.652. The van der Waals surface area contributed by atoms with Crippen molar-refractivity contribution >= 4 is 45.0 Å². The van der Waals surface area contributed by atoms with Crippen LogP contribution < -0.4 is 15.8 Å². The second kappa shape index (κ2) is 6.86. The average Bonchev–Trinajstić information content (AvgIpc) is 3.07. The van der Waals surface area contributed by atoms with Gasteiger partial charge in [-0.1, -0.05) is 23.2 Å². The molecule has 7 nitrogen and oxygen atoms in total. The largest absolute Gasteiger partial charge is 0.369 e. The predicted octanol–water partition coefficient (Wildman–Crippen LogP) is 2.99. The highest BCUT2D eigenvalue weighted by Gasteiger charge is 2.78. The van der Waals surface area contributed by atoms with Gasteiger partial charge in [-0.3, -0.25) is 9.59 Å². The monoisotopic (exact) mass is 511 g/mol. The van der Waals surface area contributed by atoms with Gasteiger partial charge in [0.15, 0.2) is 0 Å². The van der Waals surface area contributed by atoms with Crippen molar-refractivity contribution in [3.63, 3.8) is 0 Å². The van der Waals surface area contributed by atoms with Crippen LogP contribution in [0.2, 0.25) is 10.0 Å². The number of carbonyl (C=O) groups is 2. The lowest BCUT2D eigenvalue weighted by molar-refractivity contribution is -0.157. The lowest BCUT2D eigenvalue weighted by atomic mass is 9.46. The molecule has 0 radical (unpaired) electrons. The number of halogens is 2. The molecule has 10 heteroatoms. The Morgan fingerprint density at radius 1 is 1.06 bits per heavy atom. The minimum atomic E-state index is -4.02. The summed E-state index contributed by atoms with van der Waals surface area (Å²) in [5.74, 6) is 0.593. The molecule has 5 aliphatic rings. The molecule has 3 bridgehead atoms. The topological polar surface area (TPSA) is 118 Å². The van der Waals surface area contributed by atoms with E-state index in [1.807, 2.05) is 0 Å². The van der Waals surface area contributed by atoms with Gasteiger partial charge in [0.1, 0.15) is 10.4 Å². The first-order valence-corrected chi connectivity index (χ1v) is 13.9. The molecule has 0 aliphatic heterocycles. The van der Waals surface area contributed by atoms with Crippen LogP contribution >= 0.6 is 23.2 Å². The Labute approximate surface area is 203 Å². The van der Waals surface area contributed by atoms with Crippen molar-refractivity contribution < 1.29 is 18.0 Å².